The lowest BCUT2D eigenvalue weighted by Gasteiger charge is -2.04. The molecule has 0 radical (unpaired) electrons. The van der Waals surface area contributed by atoms with E-state index in [0.717, 1.165) is 31.1 Å². The van der Waals surface area contributed by atoms with Gasteiger partial charge in [0.1, 0.15) is 6.29 Å². The van der Waals surface area contributed by atoms with E-state index in [9.17, 15) is 4.79 Å². The quantitative estimate of drug-likeness (QED) is 0.577. The summed E-state index contributed by atoms with van der Waals surface area (Å²) in [6, 6.07) is 0. The molecule has 0 spiro atoms. The van der Waals surface area contributed by atoms with Gasteiger partial charge in [0.2, 0.25) is 0 Å². The Balaban J connectivity index is 2.45. The van der Waals surface area contributed by atoms with E-state index >= 15 is 0 Å². The van der Waals surface area contributed by atoms with Gasteiger partial charge >= 0.3 is 0 Å². The molecular formula is C8H11ClO. The Kier molecular flexibility index (Phi) is 2.14. The van der Waals surface area contributed by atoms with Gasteiger partial charge in [0.25, 0.3) is 0 Å². The van der Waals surface area contributed by atoms with Gasteiger partial charge < -0.3 is 4.79 Å². The van der Waals surface area contributed by atoms with Crippen LogP contribution >= 0.6 is 11.6 Å². The molecule has 1 aliphatic carbocycles. The molecule has 1 rings (SSSR count). The van der Waals surface area contributed by atoms with E-state index < -0.39 is 0 Å². The predicted octanol–water partition coefficient (Wildman–Crippen LogP) is 2.50. The minimum Gasteiger partial charge on any atom is -0.303 e. The van der Waals surface area contributed by atoms with Gasteiger partial charge in [-0.3, -0.25) is 0 Å². The van der Waals surface area contributed by atoms with Crippen molar-refractivity contribution in [3.05, 3.63) is 11.1 Å². The molecule has 10 heavy (non-hydrogen) atoms. The molecule has 0 aromatic heterocycles. The molecule has 1 nitrogen and oxygen atoms in total. The van der Waals surface area contributed by atoms with Crippen molar-refractivity contribution >= 4 is 17.9 Å². The first kappa shape index (κ1) is 7.80. The lowest BCUT2D eigenvalue weighted by atomic mass is 10.0. The molecule has 1 fully saturated rings. The highest BCUT2D eigenvalue weighted by Gasteiger charge is 2.42. The molecule has 56 valence electrons. The van der Waals surface area contributed by atoms with Crippen LogP contribution in [0.15, 0.2) is 11.1 Å². The zero-order valence-corrected chi connectivity index (χ0v) is 6.82. The Labute approximate surface area is 66.1 Å². The summed E-state index contributed by atoms with van der Waals surface area (Å²) in [5.74, 6) is 0. The molecule has 0 amide bonds. The first-order valence-electron chi connectivity index (χ1n) is 3.45. The van der Waals surface area contributed by atoms with Gasteiger partial charge in [0, 0.05) is 11.0 Å². The van der Waals surface area contributed by atoms with Crippen molar-refractivity contribution in [3.63, 3.8) is 0 Å². The summed E-state index contributed by atoms with van der Waals surface area (Å²) in [5, 5.41) is 0. The number of carbonyl (C=O) groups excluding carboxylic acids is 1. The smallest absolute Gasteiger partial charge is 0.126 e. The van der Waals surface area contributed by atoms with Crippen LogP contribution in [-0.2, 0) is 4.79 Å². The van der Waals surface area contributed by atoms with Crippen LogP contribution in [0.1, 0.15) is 26.2 Å². The minimum atomic E-state index is -0.0184. The molecule has 0 N–H and O–H groups in total. The molecule has 0 aliphatic heterocycles. The maximum atomic E-state index is 10.5. The first-order valence-corrected chi connectivity index (χ1v) is 3.88. The standard InChI is InChI=1S/C8H11ClO/c1-7(5-9)4-8(6-10)2-3-8/h5-6H,2-4H2,1H3/b7-5+. The lowest BCUT2D eigenvalue weighted by Crippen LogP contribution is -2.01. The number of hydrogen-bond donors (Lipinski definition) is 0. The normalized spacial score (nSPS) is 22.4. The van der Waals surface area contributed by atoms with Crippen molar-refractivity contribution in [2.75, 3.05) is 0 Å². The Morgan fingerprint density at radius 2 is 2.30 bits per heavy atom. The van der Waals surface area contributed by atoms with Crippen LogP contribution < -0.4 is 0 Å². The van der Waals surface area contributed by atoms with E-state index in [1.165, 1.54) is 0 Å². The molecule has 0 aromatic rings. The van der Waals surface area contributed by atoms with E-state index in [2.05, 4.69) is 0 Å². The van der Waals surface area contributed by atoms with Crippen LogP contribution in [0.5, 0.6) is 0 Å². The summed E-state index contributed by atoms with van der Waals surface area (Å²) in [7, 11) is 0. The molecule has 2 heteroatoms. The van der Waals surface area contributed by atoms with E-state index in [4.69, 9.17) is 11.6 Å². The third kappa shape index (κ3) is 1.60. The maximum Gasteiger partial charge on any atom is 0.126 e. The molecular weight excluding hydrogens is 148 g/mol. The average Bonchev–Trinajstić information content (AvgIpc) is 2.70. The predicted molar refractivity (Wildman–Crippen MR) is 42.0 cm³/mol. The SMILES string of the molecule is C/C(=C\Cl)CC1(C=O)CC1. The van der Waals surface area contributed by atoms with Crippen LogP contribution in [0.25, 0.3) is 0 Å². The summed E-state index contributed by atoms with van der Waals surface area (Å²) in [4.78, 5) is 10.5. The van der Waals surface area contributed by atoms with Crippen LogP contribution in [-0.4, -0.2) is 6.29 Å². The molecule has 0 heterocycles. The number of hydrogen-bond acceptors (Lipinski definition) is 1. The van der Waals surface area contributed by atoms with E-state index in [1.807, 2.05) is 6.92 Å². The van der Waals surface area contributed by atoms with E-state index in [-0.39, 0.29) is 5.41 Å². The molecule has 0 bridgehead atoms. The molecule has 0 unspecified atom stereocenters. The van der Waals surface area contributed by atoms with Gasteiger partial charge in [-0.1, -0.05) is 17.2 Å². The third-order valence-corrected chi connectivity index (χ3v) is 2.33. The van der Waals surface area contributed by atoms with Crippen molar-refractivity contribution in [2.24, 2.45) is 5.41 Å². The lowest BCUT2D eigenvalue weighted by molar-refractivity contribution is -0.112. The molecule has 1 aliphatic rings. The molecule has 1 saturated carbocycles. The fourth-order valence-corrected chi connectivity index (χ4v) is 1.17. The summed E-state index contributed by atoms with van der Waals surface area (Å²) in [6.07, 6.45) is 3.99. The van der Waals surface area contributed by atoms with Crippen molar-refractivity contribution in [1.82, 2.24) is 0 Å². The monoisotopic (exact) mass is 158 g/mol. The second-order valence-corrected chi connectivity index (χ2v) is 3.33. The Bertz CT molecular complexity index is 168. The molecule has 0 aromatic carbocycles. The van der Waals surface area contributed by atoms with Gasteiger partial charge in [0.05, 0.1) is 0 Å². The van der Waals surface area contributed by atoms with Crippen molar-refractivity contribution in [3.8, 4) is 0 Å². The van der Waals surface area contributed by atoms with Gasteiger partial charge in [0.15, 0.2) is 0 Å². The summed E-state index contributed by atoms with van der Waals surface area (Å²) in [6.45, 7) is 1.95. The third-order valence-electron chi connectivity index (χ3n) is 1.96. The average molecular weight is 159 g/mol. The fourth-order valence-electron chi connectivity index (χ4n) is 1.09. The zero-order chi connectivity index (χ0) is 7.61. The topological polar surface area (TPSA) is 17.1 Å². The number of allylic oxidation sites excluding steroid dienone is 1. The summed E-state index contributed by atoms with van der Waals surface area (Å²) < 4.78 is 0. The highest BCUT2D eigenvalue weighted by atomic mass is 35.5. The minimum absolute atomic E-state index is 0.0184. The van der Waals surface area contributed by atoms with E-state index in [0.29, 0.717) is 0 Å². The zero-order valence-electron chi connectivity index (χ0n) is 6.06. The van der Waals surface area contributed by atoms with Crippen LogP contribution in [0, 0.1) is 5.41 Å². The van der Waals surface area contributed by atoms with Gasteiger partial charge in [-0.25, -0.2) is 0 Å². The van der Waals surface area contributed by atoms with Crippen LogP contribution in [0.2, 0.25) is 0 Å². The first-order chi connectivity index (χ1) is 4.72. The Morgan fingerprint density at radius 3 is 2.60 bits per heavy atom. The maximum absolute atomic E-state index is 10.5. The second-order valence-electron chi connectivity index (χ2n) is 3.11. The molecule has 0 saturated heterocycles. The van der Waals surface area contributed by atoms with Crippen LogP contribution in [0.3, 0.4) is 0 Å². The Morgan fingerprint density at radius 1 is 1.70 bits per heavy atom. The number of aldehydes is 1. The Hall–Kier alpha value is -0.300. The summed E-state index contributed by atoms with van der Waals surface area (Å²) in [5.41, 5.74) is 2.64. The number of rotatable bonds is 3. The van der Waals surface area contributed by atoms with Crippen molar-refractivity contribution in [1.29, 1.82) is 0 Å². The number of carbonyl (C=O) groups is 1. The van der Waals surface area contributed by atoms with Crippen LogP contribution in [0.4, 0.5) is 0 Å². The molecule has 0 atom stereocenters. The largest absolute Gasteiger partial charge is 0.303 e. The van der Waals surface area contributed by atoms with Gasteiger partial charge in [-0.15, -0.1) is 0 Å². The summed E-state index contributed by atoms with van der Waals surface area (Å²) >= 11 is 5.46. The van der Waals surface area contributed by atoms with Gasteiger partial charge in [-0.05, 0) is 26.2 Å². The van der Waals surface area contributed by atoms with Gasteiger partial charge in [-0.2, -0.15) is 0 Å². The highest BCUT2D eigenvalue weighted by molar-refractivity contribution is 6.25. The van der Waals surface area contributed by atoms with E-state index in [1.54, 1.807) is 5.54 Å². The fraction of sp³-hybridized carbons (Fsp3) is 0.625. The number of halogens is 1. The van der Waals surface area contributed by atoms with Crippen molar-refractivity contribution < 1.29 is 4.79 Å². The second kappa shape index (κ2) is 2.75. The van der Waals surface area contributed by atoms with Crippen molar-refractivity contribution in [2.45, 2.75) is 26.2 Å². The highest BCUT2D eigenvalue weighted by Crippen LogP contribution is 2.48.